The van der Waals surface area contributed by atoms with Gasteiger partial charge in [0, 0.05) is 30.8 Å². The molecule has 37 heavy (non-hydrogen) atoms. The summed E-state index contributed by atoms with van der Waals surface area (Å²) >= 11 is 13.2. The number of thiophene rings is 1. The van der Waals surface area contributed by atoms with Crippen molar-refractivity contribution >= 4 is 73.3 Å². The fraction of sp³-hybridized carbons (Fsp3) is 0.269. The average molecular weight is 578 g/mol. The van der Waals surface area contributed by atoms with Gasteiger partial charge in [-0.25, -0.2) is 13.3 Å². The van der Waals surface area contributed by atoms with Crippen molar-refractivity contribution in [2.24, 2.45) is 0 Å². The van der Waals surface area contributed by atoms with Crippen molar-refractivity contribution in [3.8, 4) is 0 Å². The monoisotopic (exact) mass is 576 g/mol. The molecule has 0 spiro atoms. The molecule has 2 aliphatic heterocycles. The molecule has 5 rings (SSSR count). The molecule has 0 aliphatic carbocycles. The maximum absolute atomic E-state index is 13.3. The summed E-state index contributed by atoms with van der Waals surface area (Å²) in [7, 11) is -3.79. The molecule has 0 saturated carbocycles. The maximum Gasteiger partial charge on any atom is 0.265 e. The van der Waals surface area contributed by atoms with Gasteiger partial charge in [-0.2, -0.15) is 0 Å². The summed E-state index contributed by atoms with van der Waals surface area (Å²) in [4.78, 5) is 42.1. The lowest BCUT2D eigenvalue weighted by molar-refractivity contribution is -0.118. The Hall–Kier alpha value is -2.72. The molecule has 3 heterocycles. The third-order valence-corrected chi connectivity index (χ3v) is 10.2. The van der Waals surface area contributed by atoms with Crippen LogP contribution in [0.3, 0.4) is 0 Å². The number of nitrogens with zero attached hydrogens (tertiary/aromatic N) is 2. The number of benzene rings is 2. The van der Waals surface area contributed by atoms with Gasteiger partial charge in [0.2, 0.25) is 5.91 Å². The first-order valence-corrected chi connectivity index (χ1v) is 14.9. The smallest absolute Gasteiger partial charge is 0.265 e. The lowest BCUT2D eigenvalue weighted by Gasteiger charge is -2.29. The van der Waals surface area contributed by atoms with E-state index < -0.39 is 27.3 Å². The molecule has 1 fully saturated rings. The first-order valence-electron chi connectivity index (χ1n) is 11.7. The van der Waals surface area contributed by atoms with Crippen LogP contribution in [0.2, 0.25) is 9.36 Å². The number of fused-ring (bicyclic) bond motifs is 1. The lowest BCUT2D eigenvalue weighted by atomic mass is 9.96. The van der Waals surface area contributed by atoms with Crippen LogP contribution in [0.5, 0.6) is 0 Å². The standard InChI is InChI=1S/C26H22Cl2N2O5S2/c27-21-12-16(11-19(31)15-37(34,35)25-8-7-23(28)36-25)3-6-22(21)30-24(32)14-17-13-18(29-9-1-2-10-29)4-5-20(17)26(30)33/h3-8,12-13H,1-2,9-11,14-15H2. The van der Waals surface area contributed by atoms with Gasteiger partial charge in [-0.1, -0.05) is 29.3 Å². The van der Waals surface area contributed by atoms with Crippen LogP contribution in [0.1, 0.15) is 34.3 Å². The fourth-order valence-electron chi connectivity index (χ4n) is 4.69. The summed E-state index contributed by atoms with van der Waals surface area (Å²) < 4.78 is 25.3. The largest absolute Gasteiger partial charge is 0.372 e. The van der Waals surface area contributed by atoms with Gasteiger partial charge in [0.25, 0.3) is 5.91 Å². The zero-order valence-corrected chi connectivity index (χ0v) is 22.7. The van der Waals surface area contributed by atoms with Crippen molar-refractivity contribution in [3.05, 3.63) is 74.6 Å². The van der Waals surface area contributed by atoms with Crippen molar-refractivity contribution in [3.63, 3.8) is 0 Å². The van der Waals surface area contributed by atoms with Crippen LogP contribution < -0.4 is 9.80 Å². The number of ketones is 1. The van der Waals surface area contributed by atoms with Gasteiger partial charge < -0.3 is 4.90 Å². The van der Waals surface area contributed by atoms with Crippen LogP contribution >= 0.6 is 34.5 Å². The van der Waals surface area contributed by atoms with E-state index in [2.05, 4.69) is 4.90 Å². The predicted molar refractivity (Wildman–Crippen MR) is 145 cm³/mol. The Morgan fingerprint density at radius 2 is 1.73 bits per heavy atom. The third-order valence-electron chi connectivity index (χ3n) is 6.44. The summed E-state index contributed by atoms with van der Waals surface area (Å²) in [5, 5.41) is 0.122. The van der Waals surface area contributed by atoms with Gasteiger partial charge in [0.05, 0.1) is 21.5 Å². The Morgan fingerprint density at radius 3 is 2.41 bits per heavy atom. The molecular weight excluding hydrogens is 555 g/mol. The Bertz CT molecular complexity index is 1530. The van der Waals surface area contributed by atoms with Gasteiger partial charge in [-0.15, -0.1) is 11.3 Å². The van der Waals surface area contributed by atoms with Gasteiger partial charge in [-0.3, -0.25) is 14.4 Å². The zero-order valence-electron chi connectivity index (χ0n) is 19.6. The van der Waals surface area contributed by atoms with E-state index in [1.807, 2.05) is 12.1 Å². The number of Topliss-reactive ketones (excluding diaryl/α,β-unsaturated/α-hetero) is 1. The second-order valence-electron chi connectivity index (χ2n) is 9.07. The normalized spacial score (nSPS) is 15.8. The van der Waals surface area contributed by atoms with Crippen LogP contribution in [0.15, 0.2) is 52.7 Å². The van der Waals surface area contributed by atoms with E-state index in [1.165, 1.54) is 24.3 Å². The number of carbonyl (C=O) groups is 3. The highest BCUT2D eigenvalue weighted by Gasteiger charge is 2.34. The number of sulfone groups is 1. The van der Waals surface area contributed by atoms with E-state index in [1.54, 1.807) is 12.1 Å². The van der Waals surface area contributed by atoms with E-state index in [4.69, 9.17) is 23.2 Å². The molecule has 3 aromatic rings. The molecule has 2 aromatic carbocycles. The summed E-state index contributed by atoms with van der Waals surface area (Å²) in [6, 6.07) is 13.0. The van der Waals surface area contributed by atoms with E-state index in [9.17, 15) is 22.8 Å². The van der Waals surface area contributed by atoms with Gasteiger partial charge in [0.1, 0.15) is 9.96 Å². The minimum atomic E-state index is -3.79. The molecule has 11 heteroatoms. The number of anilines is 2. The van der Waals surface area contributed by atoms with Crippen LogP contribution in [-0.4, -0.2) is 44.9 Å². The minimum absolute atomic E-state index is 0.0363. The summed E-state index contributed by atoms with van der Waals surface area (Å²) in [5.74, 6) is -2.02. The van der Waals surface area contributed by atoms with Crippen LogP contribution in [0, 0.1) is 0 Å². The molecule has 0 atom stereocenters. The lowest BCUT2D eigenvalue weighted by Crippen LogP contribution is -2.42. The topological polar surface area (TPSA) is 91.8 Å². The second kappa shape index (κ2) is 10.2. The third kappa shape index (κ3) is 5.31. The van der Waals surface area contributed by atoms with E-state index in [0.717, 1.165) is 47.9 Å². The summed E-state index contributed by atoms with van der Waals surface area (Å²) in [5.41, 5.74) is 2.87. The SMILES string of the molecule is O=C(Cc1ccc(N2C(=O)Cc3cc(N4CCCC4)ccc3C2=O)c(Cl)c1)CS(=O)(=O)c1ccc(Cl)s1. The van der Waals surface area contributed by atoms with Crippen molar-refractivity contribution in [2.45, 2.75) is 29.9 Å². The fourth-order valence-corrected chi connectivity index (χ4v) is 7.79. The Balaban J connectivity index is 1.32. The number of halogens is 2. The zero-order chi connectivity index (χ0) is 26.3. The van der Waals surface area contributed by atoms with Crippen molar-refractivity contribution < 1.29 is 22.8 Å². The number of hydrogen-bond donors (Lipinski definition) is 0. The summed E-state index contributed by atoms with van der Waals surface area (Å²) in [6.45, 7) is 1.93. The highest BCUT2D eigenvalue weighted by molar-refractivity contribution is 7.94. The van der Waals surface area contributed by atoms with Crippen molar-refractivity contribution in [2.75, 3.05) is 28.6 Å². The maximum atomic E-state index is 13.3. The van der Waals surface area contributed by atoms with Crippen molar-refractivity contribution in [1.82, 2.24) is 0 Å². The molecule has 0 N–H and O–H groups in total. The Morgan fingerprint density at radius 1 is 0.973 bits per heavy atom. The van der Waals surface area contributed by atoms with Gasteiger partial charge in [-0.05, 0) is 66.4 Å². The Labute approximate surface area is 228 Å². The molecule has 0 radical (unpaired) electrons. The van der Waals surface area contributed by atoms with Crippen LogP contribution in [0.25, 0.3) is 0 Å². The molecule has 1 saturated heterocycles. The number of hydrogen-bond acceptors (Lipinski definition) is 7. The second-order valence-corrected chi connectivity index (χ2v) is 13.4. The highest BCUT2D eigenvalue weighted by Crippen LogP contribution is 2.34. The first kappa shape index (κ1) is 25.9. The predicted octanol–water partition coefficient (Wildman–Crippen LogP) is 4.97. The van der Waals surface area contributed by atoms with E-state index in [-0.39, 0.29) is 33.7 Å². The number of rotatable bonds is 7. The molecule has 0 bridgehead atoms. The Kier molecular flexibility index (Phi) is 7.15. The molecule has 7 nitrogen and oxygen atoms in total. The number of imide groups is 1. The van der Waals surface area contributed by atoms with Crippen LogP contribution in [-0.2, 0) is 32.3 Å². The molecule has 2 aliphatic rings. The van der Waals surface area contributed by atoms with Crippen molar-refractivity contribution in [1.29, 1.82) is 0 Å². The molecular formula is C26H22Cl2N2O5S2. The minimum Gasteiger partial charge on any atom is -0.372 e. The quantitative estimate of drug-likeness (QED) is 0.369. The van der Waals surface area contributed by atoms with Crippen LogP contribution in [0.4, 0.5) is 11.4 Å². The van der Waals surface area contributed by atoms with E-state index >= 15 is 0 Å². The number of carbonyl (C=O) groups excluding carboxylic acids is 3. The van der Waals surface area contributed by atoms with Gasteiger partial charge in [0.15, 0.2) is 15.6 Å². The molecule has 1 aromatic heterocycles. The first-order chi connectivity index (χ1) is 17.6. The average Bonchev–Trinajstić information content (AvgIpc) is 3.52. The summed E-state index contributed by atoms with van der Waals surface area (Å²) in [6.07, 6.45) is 2.16. The van der Waals surface area contributed by atoms with Gasteiger partial charge >= 0.3 is 0 Å². The molecule has 192 valence electrons. The van der Waals surface area contributed by atoms with E-state index in [0.29, 0.717) is 21.0 Å². The number of amides is 2. The highest BCUT2D eigenvalue weighted by atomic mass is 35.5. The molecule has 2 amide bonds. The molecule has 0 unspecified atom stereocenters.